The van der Waals surface area contributed by atoms with Crippen LogP contribution in [0.25, 0.3) is 0 Å². The van der Waals surface area contributed by atoms with Crippen LogP contribution in [0.15, 0.2) is 30.6 Å². The van der Waals surface area contributed by atoms with Crippen molar-refractivity contribution in [3.05, 3.63) is 47.3 Å². The molecule has 0 spiro atoms. The summed E-state index contributed by atoms with van der Waals surface area (Å²) in [5.41, 5.74) is 3.62. The van der Waals surface area contributed by atoms with E-state index in [1.54, 1.807) is 0 Å². The molecule has 0 bridgehead atoms. The molecule has 120 valence electrons. The van der Waals surface area contributed by atoms with Crippen molar-refractivity contribution in [2.24, 2.45) is 0 Å². The van der Waals surface area contributed by atoms with Crippen molar-refractivity contribution in [2.75, 3.05) is 15.5 Å². The van der Waals surface area contributed by atoms with Gasteiger partial charge in [-0.3, -0.25) is 24.3 Å². The first-order valence-electron chi connectivity index (χ1n) is 7.48. The zero-order valence-corrected chi connectivity index (χ0v) is 13.1. The number of aromatic nitrogens is 1. The van der Waals surface area contributed by atoms with Gasteiger partial charge >= 0.3 is 0 Å². The third-order valence-corrected chi connectivity index (χ3v) is 4.41. The Morgan fingerprint density at radius 3 is 2.42 bits per heavy atom. The van der Waals surface area contributed by atoms with Crippen LogP contribution in [-0.4, -0.2) is 28.7 Å². The normalized spacial score (nSPS) is 18.8. The van der Waals surface area contributed by atoms with E-state index in [2.05, 4.69) is 15.6 Å². The van der Waals surface area contributed by atoms with Gasteiger partial charge in [-0.1, -0.05) is 0 Å². The van der Waals surface area contributed by atoms with Crippen molar-refractivity contribution in [2.45, 2.75) is 19.9 Å². The summed E-state index contributed by atoms with van der Waals surface area (Å²) in [7, 11) is 0. The van der Waals surface area contributed by atoms with Gasteiger partial charge in [0.2, 0.25) is 0 Å². The highest BCUT2D eigenvalue weighted by Gasteiger charge is 2.45. The Morgan fingerprint density at radius 2 is 1.67 bits per heavy atom. The number of nitrogens with zero attached hydrogens (tertiary/aromatic N) is 2. The van der Waals surface area contributed by atoms with Gasteiger partial charge in [-0.05, 0) is 43.2 Å². The number of carbonyl (C=O) groups is 3. The van der Waals surface area contributed by atoms with Crippen LogP contribution >= 0.6 is 0 Å². The molecule has 0 radical (unpaired) electrons. The molecular weight excluding hydrogens is 308 g/mol. The lowest BCUT2D eigenvalue weighted by Gasteiger charge is -2.34. The van der Waals surface area contributed by atoms with Gasteiger partial charge in [0.15, 0.2) is 6.04 Å². The number of aryl methyl sites for hydroxylation is 2. The van der Waals surface area contributed by atoms with E-state index < -0.39 is 23.8 Å². The predicted molar refractivity (Wildman–Crippen MR) is 88.0 cm³/mol. The number of rotatable bonds is 0. The molecule has 1 aromatic carbocycles. The van der Waals surface area contributed by atoms with Gasteiger partial charge < -0.3 is 10.6 Å². The predicted octanol–water partition coefficient (Wildman–Crippen LogP) is 1.62. The van der Waals surface area contributed by atoms with Crippen LogP contribution in [0, 0.1) is 13.8 Å². The van der Waals surface area contributed by atoms with Gasteiger partial charge in [-0.2, -0.15) is 0 Å². The minimum Gasteiger partial charge on any atom is -0.322 e. The summed E-state index contributed by atoms with van der Waals surface area (Å²) in [5.74, 6) is -1.50. The minimum atomic E-state index is -1.25. The van der Waals surface area contributed by atoms with E-state index in [1.165, 1.54) is 23.4 Å². The Bertz CT molecular complexity index is 922. The van der Waals surface area contributed by atoms with Crippen LogP contribution in [0.1, 0.15) is 21.5 Å². The molecule has 1 unspecified atom stereocenters. The molecular formula is C17H14N4O3. The molecule has 4 rings (SSSR count). The average molecular weight is 322 g/mol. The summed E-state index contributed by atoms with van der Waals surface area (Å²) in [6, 6.07) is 3.91. The monoisotopic (exact) mass is 322 g/mol. The van der Waals surface area contributed by atoms with Crippen LogP contribution in [0.3, 0.4) is 0 Å². The van der Waals surface area contributed by atoms with Crippen molar-refractivity contribution in [1.29, 1.82) is 0 Å². The summed E-state index contributed by atoms with van der Waals surface area (Å²) in [6.45, 7) is 3.84. The molecule has 3 heterocycles. The zero-order chi connectivity index (χ0) is 17.0. The van der Waals surface area contributed by atoms with Gasteiger partial charge in [0.1, 0.15) is 0 Å². The summed E-state index contributed by atoms with van der Waals surface area (Å²) in [4.78, 5) is 43.2. The highest BCUT2D eigenvalue weighted by atomic mass is 16.2. The minimum absolute atomic E-state index is 0.305. The Kier molecular flexibility index (Phi) is 2.93. The smallest absolute Gasteiger partial charge is 0.261 e. The van der Waals surface area contributed by atoms with Crippen molar-refractivity contribution in [3.8, 4) is 0 Å². The third kappa shape index (κ3) is 1.91. The maximum atomic E-state index is 13.0. The number of hydrogen-bond acceptors (Lipinski definition) is 4. The molecule has 0 fully saturated rings. The lowest BCUT2D eigenvalue weighted by molar-refractivity contribution is -0.125. The number of fused-ring (bicyclic) bond motifs is 4. The molecule has 0 aliphatic carbocycles. The van der Waals surface area contributed by atoms with Gasteiger partial charge in [-0.15, -0.1) is 0 Å². The van der Waals surface area contributed by atoms with Crippen LogP contribution in [0.4, 0.5) is 17.1 Å². The molecule has 2 aliphatic heterocycles. The summed E-state index contributed by atoms with van der Waals surface area (Å²) in [6.07, 6.45) is 2.89. The highest BCUT2D eigenvalue weighted by molar-refractivity contribution is 6.29. The lowest BCUT2D eigenvalue weighted by atomic mass is 10.0. The molecule has 1 aromatic heterocycles. The van der Waals surface area contributed by atoms with Crippen molar-refractivity contribution in [1.82, 2.24) is 4.98 Å². The van der Waals surface area contributed by atoms with Crippen molar-refractivity contribution in [3.63, 3.8) is 0 Å². The average Bonchev–Trinajstić information content (AvgIpc) is 2.65. The molecule has 24 heavy (non-hydrogen) atoms. The largest absolute Gasteiger partial charge is 0.322 e. The molecule has 2 aliphatic rings. The summed E-state index contributed by atoms with van der Waals surface area (Å²) in [5, 5.41) is 5.34. The van der Waals surface area contributed by atoms with E-state index in [0.29, 0.717) is 22.6 Å². The van der Waals surface area contributed by atoms with Crippen LogP contribution in [0.2, 0.25) is 0 Å². The van der Waals surface area contributed by atoms with E-state index in [9.17, 15) is 14.4 Å². The molecule has 2 N–H and O–H groups in total. The van der Waals surface area contributed by atoms with Gasteiger partial charge in [0.05, 0.1) is 28.8 Å². The molecule has 0 saturated heterocycles. The van der Waals surface area contributed by atoms with E-state index >= 15 is 0 Å². The van der Waals surface area contributed by atoms with Crippen molar-refractivity contribution < 1.29 is 14.4 Å². The summed E-state index contributed by atoms with van der Waals surface area (Å²) < 4.78 is 0. The number of carbonyl (C=O) groups excluding carboxylic acids is 3. The Hall–Kier alpha value is -3.22. The number of benzene rings is 1. The Morgan fingerprint density at radius 1 is 1.00 bits per heavy atom. The first kappa shape index (κ1) is 14.4. The van der Waals surface area contributed by atoms with Crippen LogP contribution in [-0.2, 0) is 9.59 Å². The van der Waals surface area contributed by atoms with Gasteiger partial charge in [0.25, 0.3) is 17.7 Å². The topological polar surface area (TPSA) is 91.4 Å². The standard InChI is InChI=1S/C17H14N4O3/c1-8-5-11-13(6-9(8)2)21-14(15(22)19-11)16(23)20-12-7-18-4-3-10(12)17(21)24/h3-7,14H,1-2H3,(H,19,22)(H,20,23). The Labute approximate surface area is 137 Å². The first-order chi connectivity index (χ1) is 11.5. The second kappa shape index (κ2) is 4.89. The molecule has 0 saturated carbocycles. The van der Waals surface area contributed by atoms with Crippen molar-refractivity contribution >= 4 is 34.8 Å². The van der Waals surface area contributed by atoms with Crippen LogP contribution < -0.4 is 15.5 Å². The maximum Gasteiger partial charge on any atom is 0.261 e. The maximum absolute atomic E-state index is 13.0. The quantitative estimate of drug-likeness (QED) is 0.721. The summed E-state index contributed by atoms with van der Waals surface area (Å²) >= 11 is 0. The van der Waals surface area contributed by atoms with E-state index in [-0.39, 0.29) is 0 Å². The number of anilines is 3. The van der Waals surface area contributed by atoms with Gasteiger partial charge in [-0.25, -0.2) is 0 Å². The molecule has 2 aromatic rings. The SMILES string of the molecule is Cc1cc2c(cc1C)N1C(=O)c3ccncc3NC(=O)C1C(=O)N2. The zero-order valence-electron chi connectivity index (χ0n) is 13.1. The number of amides is 3. The number of hydrogen-bond donors (Lipinski definition) is 2. The fraction of sp³-hybridized carbons (Fsp3) is 0.176. The fourth-order valence-corrected chi connectivity index (χ4v) is 3.03. The molecule has 3 amide bonds. The van der Waals surface area contributed by atoms with Crippen LogP contribution in [0.5, 0.6) is 0 Å². The van der Waals surface area contributed by atoms with E-state index in [1.807, 2.05) is 26.0 Å². The van der Waals surface area contributed by atoms with E-state index in [0.717, 1.165) is 11.1 Å². The lowest BCUT2D eigenvalue weighted by Crippen LogP contribution is -2.55. The third-order valence-electron chi connectivity index (χ3n) is 4.41. The number of nitrogens with one attached hydrogen (secondary N) is 2. The number of pyridine rings is 1. The molecule has 7 nitrogen and oxygen atoms in total. The highest BCUT2D eigenvalue weighted by Crippen LogP contribution is 2.37. The Balaban J connectivity index is 1.97. The molecule has 1 atom stereocenters. The first-order valence-corrected chi connectivity index (χ1v) is 7.48. The van der Waals surface area contributed by atoms with E-state index in [4.69, 9.17) is 0 Å². The second-order valence-corrected chi connectivity index (χ2v) is 5.93. The van der Waals surface area contributed by atoms with Gasteiger partial charge in [0, 0.05) is 6.20 Å². The second-order valence-electron chi connectivity index (χ2n) is 5.93. The molecule has 7 heteroatoms. The fourth-order valence-electron chi connectivity index (χ4n) is 3.03.